The van der Waals surface area contributed by atoms with E-state index in [0.717, 1.165) is 42.1 Å². The summed E-state index contributed by atoms with van der Waals surface area (Å²) in [5, 5.41) is 32.2. The van der Waals surface area contributed by atoms with E-state index >= 15 is 0 Å². The molecule has 18 heteroatoms. The van der Waals surface area contributed by atoms with Gasteiger partial charge in [0.1, 0.15) is 5.82 Å². The average Bonchev–Trinajstić information content (AvgIpc) is 2.94. The van der Waals surface area contributed by atoms with Gasteiger partial charge in [0.25, 0.3) is 5.91 Å². The standard InChI is InChI=1S/C23H27N7O.2C2HF3O2/c1-14-11-12-17-16(13-14)20(26-18-9-5-6-10-19(18)27-22(24)25)29-23(28-17)30-21(31)15-7-3-2-4-8-15;2*3-2(4,5)1(6)7/h2-4,7-8,11-13,18-19H,5-6,9-10H2,1H3,(H4,24,25,27)(H2,26,28,29,30,31);2*(H,6,7). The Kier molecular flexibility index (Phi) is 12.4. The Morgan fingerprint density at radius 2 is 1.42 bits per heavy atom. The number of hydrogen-bond donors (Lipinski definition) is 7. The van der Waals surface area contributed by atoms with Gasteiger partial charge in [-0.2, -0.15) is 31.3 Å². The van der Waals surface area contributed by atoms with Gasteiger partial charge >= 0.3 is 24.3 Å². The summed E-state index contributed by atoms with van der Waals surface area (Å²) < 4.78 is 63.5. The van der Waals surface area contributed by atoms with Gasteiger partial charge in [-0.25, -0.2) is 14.6 Å². The first-order chi connectivity index (χ1) is 20.9. The third kappa shape index (κ3) is 11.8. The van der Waals surface area contributed by atoms with Crippen molar-refractivity contribution in [1.29, 1.82) is 5.41 Å². The largest absolute Gasteiger partial charge is 0.490 e. The Labute approximate surface area is 251 Å². The number of nitrogens with one attached hydrogen (secondary N) is 4. The first-order valence-electron chi connectivity index (χ1n) is 13.0. The van der Waals surface area contributed by atoms with Crippen LogP contribution in [0.3, 0.4) is 0 Å². The monoisotopic (exact) mass is 645 g/mol. The highest BCUT2D eigenvalue weighted by Crippen LogP contribution is 2.28. The number of anilines is 2. The number of nitrogens with zero attached hydrogens (tertiary/aromatic N) is 2. The molecular weight excluding hydrogens is 616 g/mol. The number of benzene rings is 2. The number of rotatable bonds is 5. The number of aryl methyl sites for hydroxylation is 1. The van der Waals surface area contributed by atoms with Crippen molar-refractivity contribution in [2.45, 2.75) is 57.0 Å². The van der Waals surface area contributed by atoms with Crippen LogP contribution in [0.25, 0.3) is 10.9 Å². The van der Waals surface area contributed by atoms with Crippen LogP contribution in [0.2, 0.25) is 0 Å². The molecule has 2 atom stereocenters. The number of hydrogen-bond acceptors (Lipinski definition) is 7. The fourth-order valence-electron chi connectivity index (χ4n) is 4.02. The smallest absolute Gasteiger partial charge is 0.475 e. The minimum absolute atomic E-state index is 0.0297. The number of guanidine groups is 1. The van der Waals surface area contributed by atoms with Crippen molar-refractivity contribution >= 4 is 46.5 Å². The topological polar surface area (TPSA) is 203 Å². The zero-order valence-corrected chi connectivity index (χ0v) is 23.5. The molecule has 1 aromatic heterocycles. The molecule has 0 saturated heterocycles. The summed E-state index contributed by atoms with van der Waals surface area (Å²) in [6, 6.07) is 15.1. The predicted molar refractivity (Wildman–Crippen MR) is 151 cm³/mol. The predicted octanol–water partition coefficient (Wildman–Crippen LogP) is 4.66. The van der Waals surface area contributed by atoms with Crippen LogP contribution >= 0.6 is 0 Å². The molecule has 0 aliphatic heterocycles. The maximum Gasteiger partial charge on any atom is 0.490 e. The van der Waals surface area contributed by atoms with Crippen molar-refractivity contribution < 1.29 is 50.9 Å². The number of carboxylic acid groups (broad SMARTS) is 2. The second-order valence-electron chi connectivity index (χ2n) is 9.54. The normalized spacial score (nSPS) is 16.2. The van der Waals surface area contributed by atoms with E-state index in [2.05, 4.69) is 25.9 Å². The molecule has 45 heavy (non-hydrogen) atoms. The number of aromatic nitrogens is 2. The average molecular weight is 646 g/mol. The fraction of sp³-hybridized carbons (Fsp3) is 0.333. The molecule has 0 spiro atoms. The van der Waals surface area contributed by atoms with Crippen LogP contribution in [0.15, 0.2) is 48.5 Å². The van der Waals surface area contributed by atoms with E-state index in [1.807, 2.05) is 43.3 Å². The molecule has 4 rings (SSSR count). The summed E-state index contributed by atoms with van der Waals surface area (Å²) in [5.41, 5.74) is 7.99. The minimum Gasteiger partial charge on any atom is -0.475 e. The zero-order chi connectivity index (χ0) is 33.9. The van der Waals surface area contributed by atoms with E-state index in [1.54, 1.807) is 12.1 Å². The van der Waals surface area contributed by atoms with Crippen molar-refractivity contribution in [3.05, 3.63) is 59.7 Å². The van der Waals surface area contributed by atoms with E-state index in [-0.39, 0.29) is 29.9 Å². The number of carbonyl (C=O) groups is 3. The van der Waals surface area contributed by atoms with Gasteiger partial charge in [-0.1, -0.05) is 42.7 Å². The molecule has 1 aliphatic carbocycles. The van der Waals surface area contributed by atoms with Crippen molar-refractivity contribution in [1.82, 2.24) is 15.3 Å². The van der Waals surface area contributed by atoms with Gasteiger partial charge in [0.2, 0.25) is 5.95 Å². The molecule has 8 N–H and O–H groups in total. The number of carbonyl (C=O) groups excluding carboxylic acids is 1. The highest BCUT2D eigenvalue weighted by Gasteiger charge is 2.39. The SMILES string of the molecule is Cc1ccc2nc(NC(=O)c3ccccc3)nc(NC3CCCCC3NC(=N)N)c2c1.O=C(O)C(F)(F)F.O=C(O)C(F)(F)F. The molecule has 0 radical (unpaired) electrons. The zero-order valence-electron chi connectivity index (χ0n) is 23.5. The second kappa shape index (κ2) is 15.5. The van der Waals surface area contributed by atoms with Gasteiger partial charge in [0.05, 0.1) is 5.52 Å². The summed E-state index contributed by atoms with van der Waals surface area (Å²) in [6.45, 7) is 2.02. The Morgan fingerprint density at radius 1 is 0.889 bits per heavy atom. The Morgan fingerprint density at radius 3 is 1.93 bits per heavy atom. The molecule has 1 saturated carbocycles. The van der Waals surface area contributed by atoms with Crippen LogP contribution in [0.4, 0.5) is 38.1 Å². The summed E-state index contributed by atoms with van der Waals surface area (Å²) in [5.74, 6) is -4.89. The lowest BCUT2D eigenvalue weighted by atomic mass is 9.90. The molecular formula is C27H29F6N7O5. The highest BCUT2D eigenvalue weighted by molar-refractivity contribution is 6.04. The lowest BCUT2D eigenvalue weighted by molar-refractivity contribution is -0.193. The van der Waals surface area contributed by atoms with E-state index in [1.165, 1.54) is 0 Å². The van der Waals surface area contributed by atoms with Gasteiger partial charge < -0.3 is 26.6 Å². The maximum atomic E-state index is 12.6. The molecule has 2 unspecified atom stereocenters. The highest BCUT2D eigenvalue weighted by atomic mass is 19.4. The van der Waals surface area contributed by atoms with Crippen LogP contribution in [0.1, 0.15) is 41.6 Å². The van der Waals surface area contributed by atoms with Gasteiger partial charge in [0, 0.05) is 23.0 Å². The first-order valence-corrected chi connectivity index (χ1v) is 13.0. The number of nitrogens with two attached hydrogens (primary N) is 1. The van der Waals surface area contributed by atoms with Crippen molar-refractivity contribution in [2.75, 3.05) is 10.6 Å². The van der Waals surface area contributed by atoms with E-state index in [9.17, 15) is 31.1 Å². The molecule has 1 fully saturated rings. The molecule has 2 aromatic carbocycles. The van der Waals surface area contributed by atoms with Gasteiger partial charge in [-0.15, -0.1) is 0 Å². The molecule has 0 bridgehead atoms. The number of aliphatic carboxylic acids is 2. The van der Waals surface area contributed by atoms with Crippen LogP contribution in [-0.4, -0.2) is 68.4 Å². The molecule has 3 aromatic rings. The van der Waals surface area contributed by atoms with Gasteiger partial charge in [-0.3, -0.25) is 15.5 Å². The van der Waals surface area contributed by atoms with Crippen molar-refractivity contribution in [3.8, 4) is 0 Å². The Bertz CT molecular complexity index is 1480. The molecule has 1 heterocycles. The van der Waals surface area contributed by atoms with Crippen LogP contribution in [0, 0.1) is 12.3 Å². The maximum absolute atomic E-state index is 12.6. The number of amides is 1. The van der Waals surface area contributed by atoms with Crippen LogP contribution < -0.4 is 21.7 Å². The first kappa shape index (κ1) is 36.0. The van der Waals surface area contributed by atoms with Gasteiger partial charge in [0.15, 0.2) is 5.96 Å². The summed E-state index contributed by atoms with van der Waals surface area (Å²) in [6.07, 6.45) is -6.12. The number of halogens is 6. The molecule has 1 aliphatic rings. The Hall–Kier alpha value is -5.16. The third-order valence-electron chi connectivity index (χ3n) is 6.03. The molecule has 1 amide bonds. The summed E-state index contributed by atoms with van der Waals surface area (Å²) >= 11 is 0. The number of alkyl halides is 6. The lowest BCUT2D eigenvalue weighted by Gasteiger charge is -2.33. The number of carboxylic acids is 2. The number of fused-ring (bicyclic) bond motifs is 1. The van der Waals surface area contributed by atoms with Crippen LogP contribution in [-0.2, 0) is 9.59 Å². The van der Waals surface area contributed by atoms with Crippen molar-refractivity contribution in [2.24, 2.45) is 5.73 Å². The quantitative estimate of drug-likeness (QED) is 0.116. The fourth-order valence-corrected chi connectivity index (χ4v) is 4.02. The molecule has 12 nitrogen and oxygen atoms in total. The minimum atomic E-state index is -5.08. The van der Waals surface area contributed by atoms with Crippen LogP contribution in [0.5, 0.6) is 0 Å². The molecule has 244 valence electrons. The van der Waals surface area contributed by atoms with Gasteiger partial charge in [-0.05, 0) is 44.0 Å². The Balaban J connectivity index is 0.000000421. The van der Waals surface area contributed by atoms with E-state index in [4.69, 9.17) is 30.9 Å². The second-order valence-corrected chi connectivity index (χ2v) is 9.54. The van der Waals surface area contributed by atoms with E-state index in [0.29, 0.717) is 11.4 Å². The van der Waals surface area contributed by atoms with E-state index < -0.39 is 24.3 Å². The summed E-state index contributed by atoms with van der Waals surface area (Å²) in [7, 11) is 0. The van der Waals surface area contributed by atoms with Crippen molar-refractivity contribution in [3.63, 3.8) is 0 Å². The third-order valence-corrected chi connectivity index (χ3v) is 6.03. The summed E-state index contributed by atoms with van der Waals surface area (Å²) in [4.78, 5) is 39.6. The lowest BCUT2D eigenvalue weighted by Crippen LogP contribution is -2.50.